The molecule has 1 aliphatic rings. The van der Waals surface area contributed by atoms with Crippen LogP contribution in [0.2, 0.25) is 0 Å². The molecule has 19 heavy (non-hydrogen) atoms. The largest absolute Gasteiger partial charge is 0.395 e. The van der Waals surface area contributed by atoms with Gasteiger partial charge in [0.15, 0.2) is 0 Å². The summed E-state index contributed by atoms with van der Waals surface area (Å²) < 4.78 is 26.0. The molecular weight excluding hydrogens is 266 g/mol. The van der Waals surface area contributed by atoms with Gasteiger partial charge < -0.3 is 15.3 Å². The van der Waals surface area contributed by atoms with Crippen LogP contribution in [0.25, 0.3) is 0 Å². The molecule has 0 radical (unpaired) electrons. The Bertz CT molecular complexity index is 495. The van der Waals surface area contributed by atoms with E-state index in [1.165, 1.54) is 0 Å². The number of benzene rings is 1. The van der Waals surface area contributed by atoms with Crippen molar-refractivity contribution in [2.75, 3.05) is 44.2 Å². The Morgan fingerprint density at radius 1 is 1.21 bits per heavy atom. The average Bonchev–Trinajstić information content (AvgIpc) is 2.46. The first kappa shape index (κ1) is 14.3. The molecule has 1 aliphatic heterocycles. The molecule has 0 spiro atoms. The summed E-state index contributed by atoms with van der Waals surface area (Å²) in [4.78, 5) is 2.44. The Morgan fingerprint density at radius 2 is 1.84 bits per heavy atom. The van der Waals surface area contributed by atoms with E-state index in [1.807, 2.05) is 12.1 Å². The molecular formula is C12H19N3O3S. The molecule has 0 bridgehead atoms. The minimum absolute atomic E-state index is 0.0296. The van der Waals surface area contributed by atoms with E-state index in [0.29, 0.717) is 0 Å². The van der Waals surface area contributed by atoms with Gasteiger partial charge in [0.1, 0.15) is 0 Å². The van der Waals surface area contributed by atoms with Gasteiger partial charge in [0.25, 0.3) is 0 Å². The Hall–Kier alpha value is -1.15. The Balaban J connectivity index is 2.09. The van der Waals surface area contributed by atoms with Gasteiger partial charge in [-0.15, -0.1) is 0 Å². The number of aliphatic hydroxyl groups excluding tert-OH is 1. The quantitative estimate of drug-likeness (QED) is 0.671. The number of nitrogens with zero attached hydrogens (tertiary/aromatic N) is 1. The fourth-order valence-corrected chi connectivity index (χ4v) is 3.04. The van der Waals surface area contributed by atoms with Gasteiger partial charge in [0.05, 0.1) is 11.5 Å². The summed E-state index contributed by atoms with van der Waals surface area (Å²) >= 11 is 0. The molecule has 1 aromatic carbocycles. The first-order valence-electron chi connectivity index (χ1n) is 6.30. The fraction of sp³-hybridized carbons (Fsp3) is 0.500. The van der Waals surface area contributed by atoms with Gasteiger partial charge >= 0.3 is 0 Å². The highest BCUT2D eigenvalue weighted by molar-refractivity contribution is 7.89. The monoisotopic (exact) mass is 285 g/mol. The number of hydrogen-bond acceptors (Lipinski definition) is 5. The lowest BCUT2D eigenvalue weighted by Gasteiger charge is -2.29. The standard InChI is InChI=1S/C12H19N3O3S/c16-10-7-14-19(17,18)12-3-1-11(2-4-12)15-8-5-13-6-9-15/h1-4,13-14,16H,5-10H2. The second-order valence-electron chi connectivity index (χ2n) is 4.35. The van der Waals surface area contributed by atoms with Gasteiger partial charge in [-0.1, -0.05) is 0 Å². The van der Waals surface area contributed by atoms with Crippen LogP contribution in [-0.4, -0.2) is 52.9 Å². The molecule has 1 saturated heterocycles. The Labute approximate surface area is 113 Å². The molecule has 106 valence electrons. The lowest BCUT2D eigenvalue weighted by molar-refractivity contribution is 0.301. The zero-order valence-corrected chi connectivity index (χ0v) is 11.5. The van der Waals surface area contributed by atoms with Gasteiger partial charge in [0, 0.05) is 38.4 Å². The van der Waals surface area contributed by atoms with Gasteiger partial charge in [-0.2, -0.15) is 0 Å². The van der Waals surface area contributed by atoms with Crippen LogP contribution in [0.4, 0.5) is 5.69 Å². The number of sulfonamides is 1. The Kier molecular flexibility index (Phi) is 4.76. The highest BCUT2D eigenvalue weighted by atomic mass is 32.2. The third kappa shape index (κ3) is 3.66. The highest BCUT2D eigenvalue weighted by Crippen LogP contribution is 2.18. The van der Waals surface area contributed by atoms with Crippen LogP contribution < -0.4 is 14.9 Å². The van der Waals surface area contributed by atoms with Crippen LogP contribution in [-0.2, 0) is 10.0 Å². The number of nitrogens with one attached hydrogen (secondary N) is 2. The first-order valence-corrected chi connectivity index (χ1v) is 7.78. The van der Waals surface area contributed by atoms with E-state index in [-0.39, 0.29) is 18.0 Å². The molecule has 3 N–H and O–H groups in total. The molecule has 0 atom stereocenters. The van der Waals surface area contributed by atoms with Crippen LogP contribution in [0.3, 0.4) is 0 Å². The van der Waals surface area contributed by atoms with Crippen molar-refractivity contribution < 1.29 is 13.5 Å². The number of rotatable bonds is 5. The highest BCUT2D eigenvalue weighted by Gasteiger charge is 2.15. The molecule has 1 fully saturated rings. The zero-order valence-electron chi connectivity index (χ0n) is 10.7. The van der Waals surface area contributed by atoms with Crippen molar-refractivity contribution in [1.82, 2.24) is 10.0 Å². The molecule has 0 unspecified atom stereocenters. The zero-order chi connectivity index (χ0) is 13.7. The average molecular weight is 285 g/mol. The van der Waals surface area contributed by atoms with Crippen molar-refractivity contribution in [3.63, 3.8) is 0 Å². The van der Waals surface area contributed by atoms with E-state index < -0.39 is 10.0 Å². The molecule has 0 aromatic heterocycles. The van der Waals surface area contributed by atoms with Crippen LogP contribution in [0, 0.1) is 0 Å². The maximum Gasteiger partial charge on any atom is 0.240 e. The lowest BCUT2D eigenvalue weighted by atomic mass is 10.2. The molecule has 0 aliphatic carbocycles. The van der Waals surface area contributed by atoms with Gasteiger partial charge in [-0.3, -0.25) is 0 Å². The van der Waals surface area contributed by atoms with Crippen molar-refractivity contribution in [2.24, 2.45) is 0 Å². The SMILES string of the molecule is O=S(=O)(NCCO)c1ccc(N2CCNCC2)cc1. The summed E-state index contributed by atoms with van der Waals surface area (Å²) in [6.45, 7) is 3.56. The van der Waals surface area contributed by atoms with E-state index in [2.05, 4.69) is 14.9 Å². The lowest BCUT2D eigenvalue weighted by Crippen LogP contribution is -2.43. The molecule has 0 amide bonds. The van der Waals surface area contributed by atoms with Crippen LogP contribution in [0.5, 0.6) is 0 Å². The van der Waals surface area contributed by atoms with Crippen LogP contribution in [0.15, 0.2) is 29.2 Å². The number of aliphatic hydroxyl groups is 1. The molecule has 1 aromatic rings. The summed E-state index contributed by atoms with van der Waals surface area (Å²) in [6, 6.07) is 6.83. The minimum atomic E-state index is -3.51. The molecule has 0 saturated carbocycles. The van der Waals surface area contributed by atoms with Crippen molar-refractivity contribution in [3.8, 4) is 0 Å². The molecule has 1 heterocycles. The van der Waals surface area contributed by atoms with Gasteiger partial charge in [-0.25, -0.2) is 13.1 Å². The third-order valence-corrected chi connectivity index (χ3v) is 4.51. The third-order valence-electron chi connectivity index (χ3n) is 3.03. The number of piperazine rings is 1. The van der Waals surface area contributed by atoms with E-state index in [0.717, 1.165) is 31.9 Å². The normalized spacial score (nSPS) is 16.6. The first-order chi connectivity index (χ1) is 9.13. The van der Waals surface area contributed by atoms with Crippen molar-refractivity contribution in [1.29, 1.82) is 0 Å². The smallest absolute Gasteiger partial charge is 0.240 e. The minimum Gasteiger partial charge on any atom is -0.395 e. The van der Waals surface area contributed by atoms with E-state index in [1.54, 1.807) is 12.1 Å². The maximum atomic E-state index is 11.8. The topological polar surface area (TPSA) is 81.7 Å². The summed E-state index contributed by atoms with van der Waals surface area (Å²) in [5, 5.41) is 11.9. The van der Waals surface area contributed by atoms with Gasteiger partial charge in [0.2, 0.25) is 10.0 Å². The van der Waals surface area contributed by atoms with Crippen LogP contribution >= 0.6 is 0 Å². The summed E-state index contributed by atoms with van der Waals surface area (Å²) in [5.74, 6) is 0. The molecule has 2 rings (SSSR count). The van der Waals surface area contributed by atoms with Gasteiger partial charge in [-0.05, 0) is 24.3 Å². The second-order valence-corrected chi connectivity index (χ2v) is 6.12. The van der Waals surface area contributed by atoms with Crippen molar-refractivity contribution in [3.05, 3.63) is 24.3 Å². The number of anilines is 1. The number of hydrogen-bond donors (Lipinski definition) is 3. The van der Waals surface area contributed by atoms with E-state index >= 15 is 0 Å². The molecule has 7 heteroatoms. The predicted molar refractivity (Wildman–Crippen MR) is 73.8 cm³/mol. The Morgan fingerprint density at radius 3 is 2.42 bits per heavy atom. The predicted octanol–water partition coefficient (Wildman–Crippen LogP) is -0.633. The van der Waals surface area contributed by atoms with Crippen LogP contribution in [0.1, 0.15) is 0 Å². The fourth-order valence-electron chi connectivity index (χ4n) is 2.02. The van der Waals surface area contributed by atoms with E-state index in [4.69, 9.17) is 5.11 Å². The summed E-state index contributed by atoms with van der Waals surface area (Å²) in [7, 11) is -3.51. The van der Waals surface area contributed by atoms with Crippen molar-refractivity contribution in [2.45, 2.75) is 4.90 Å². The molecule has 6 nitrogen and oxygen atoms in total. The summed E-state index contributed by atoms with van der Waals surface area (Å²) in [5.41, 5.74) is 1.03. The maximum absolute atomic E-state index is 11.8. The van der Waals surface area contributed by atoms with E-state index in [9.17, 15) is 8.42 Å². The van der Waals surface area contributed by atoms with Crippen molar-refractivity contribution >= 4 is 15.7 Å². The summed E-state index contributed by atoms with van der Waals surface area (Å²) in [6.07, 6.45) is 0. The second kappa shape index (κ2) is 6.33.